The second-order valence-corrected chi connectivity index (χ2v) is 7.08. The number of rotatable bonds is 3. The lowest BCUT2D eigenvalue weighted by atomic mass is 9.58. The molecule has 5 nitrogen and oxygen atoms in total. The molecule has 24 heavy (non-hydrogen) atoms. The van der Waals surface area contributed by atoms with Crippen LogP contribution >= 0.6 is 0 Å². The predicted octanol–water partition coefficient (Wildman–Crippen LogP) is 2.69. The molecule has 1 aliphatic heterocycles. The van der Waals surface area contributed by atoms with E-state index in [9.17, 15) is 5.11 Å². The van der Waals surface area contributed by atoms with Crippen molar-refractivity contribution in [3.8, 4) is 0 Å². The first-order valence-electron chi connectivity index (χ1n) is 8.90. The molecule has 0 bridgehead atoms. The van der Waals surface area contributed by atoms with Crippen LogP contribution in [0.25, 0.3) is 10.9 Å². The maximum absolute atomic E-state index is 10.4. The first-order valence-corrected chi connectivity index (χ1v) is 8.90. The summed E-state index contributed by atoms with van der Waals surface area (Å²) in [6, 6.07) is 6.25. The van der Waals surface area contributed by atoms with Crippen molar-refractivity contribution in [1.82, 2.24) is 9.97 Å². The summed E-state index contributed by atoms with van der Waals surface area (Å²) in [5, 5.41) is 11.5. The lowest BCUT2D eigenvalue weighted by molar-refractivity contribution is -0.199. The van der Waals surface area contributed by atoms with Gasteiger partial charge in [-0.3, -0.25) is 0 Å². The maximum Gasteiger partial charge on any atom is 0.139 e. The summed E-state index contributed by atoms with van der Waals surface area (Å²) in [6.07, 6.45) is 4.34. The standard InChI is InChI=1S/C19H25N3O2/c1-3-24-16-11-15(23)19(16)7-9-22(10-8-19)18-14-6-4-5-13(2)17(14)20-12-21-18/h4-6,12,15-16,23H,3,7-11H2,1-2H3. The molecule has 128 valence electrons. The number of hydrogen-bond donors (Lipinski definition) is 1. The first kappa shape index (κ1) is 15.8. The molecule has 5 heteroatoms. The Morgan fingerprint density at radius 1 is 1.29 bits per heavy atom. The SMILES string of the molecule is CCOC1CC(O)C12CCN(c1ncnc3c(C)cccc13)CC2. The van der Waals surface area contributed by atoms with Crippen molar-refractivity contribution in [3.63, 3.8) is 0 Å². The topological polar surface area (TPSA) is 58.5 Å². The number of ether oxygens (including phenoxy) is 1. The van der Waals surface area contributed by atoms with Crippen molar-refractivity contribution in [3.05, 3.63) is 30.1 Å². The van der Waals surface area contributed by atoms with Crippen LogP contribution in [0.2, 0.25) is 0 Å². The van der Waals surface area contributed by atoms with Gasteiger partial charge in [0.1, 0.15) is 12.1 Å². The number of aliphatic hydroxyl groups excluding tert-OH is 1. The summed E-state index contributed by atoms with van der Waals surface area (Å²) in [7, 11) is 0. The zero-order valence-electron chi connectivity index (χ0n) is 14.4. The number of anilines is 1. The molecule has 1 spiro atoms. The Balaban J connectivity index is 1.58. The van der Waals surface area contributed by atoms with Crippen molar-refractivity contribution < 1.29 is 9.84 Å². The van der Waals surface area contributed by atoms with E-state index in [2.05, 4.69) is 40.0 Å². The third kappa shape index (κ3) is 2.30. The second kappa shape index (κ2) is 5.97. The van der Waals surface area contributed by atoms with Crippen molar-refractivity contribution >= 4 is 16.7 Å². The van der Waals surface area contributed by atoms with Crippen molar-refractivity contribution in [2.24, 2.45) is 5.41 Å². The smallest absolute Gasteiger partial charge is 0.139 e. The molecular weight excluding hydrogens is 302 g/mol. The van der Waals surface area contributed by atoms with Gasteiger partial charge in [0.2, 0.25) is 0 Å². The normalized spacial score (nSPS) is 25.9. The molecule has 1 aliphatic carbocycles. The number of benzene rings is 1. The first-order chi connectivity index (χ1) is 11.7. The summed E-state index contributed by atoms with van der Waals surface area (Å²) < 4.78 is 5.86. The average molecular weight is 327 g/mol. The van der Waals surface area contributed by atoms with E-state index in [1.807, 2.05) is 6.92 Å². The molecule has 1 N–H and O–H groups in total. The number of aliphatic hydroxyl groups is 1. The molecule has 2 fully saturated rings. The summed E-state index contributed by atoms with van der Waals surface area (Å²) in [4.78, 5) is 11.3. The van der Waals surface area contributed by atoms with E-state index < -0.39 is 0 Å². The molecule has 1 saturated heterocycles. The van der Waals surface area contributed by atoms with Gasteiger partial charge in [-0.2, -0.15) is 0 Å². The molecule has 0 radical (unpaired) electrons. The molecule has 1 aromatic carbocycles. The fourth-order valence-electron chi connectivity index (χ4n) is 4.43. The van der Waals surface area contributed by atoms with Gasteiger partial charge in [-0.25, -0.2) is 9.97 Å². The van der Waals surface area contributed by atoms with Crippen LogP contribution in [0, 0.1) is 12.3 Å². The van der Waals surface area contributed by atoms with Crippen molar-refractivity contribution in [1.29, 1.82) is 0 Å². The Kier molecular flexibility index (Phi) is 3.93. The summed E-state index contributed by atoms with van der Waals surface area (Å²) >= 11 is 0. The van der Waals surface area contributed by atoms with Gasteiger partial charge in [-0.05, 0) is 38.3 Å². The Bertz CT molecular complexity index is 738. The zero-order chi connectivity index (χ0) is 16.7. The fraction of sp³-hybridized carbons (Fsp3) is 0.579. The van der Waals surface area contributed by atoms with Gasteiger partial charge in [0, 0.05) is 36.9 Å². The van der Waals surface area contributed by atoms with Crippen LogP contribution in [-0.4, -0.2) is 47.0 Å². The van der Waals surface area contributed by atoms with Crippen LogP contribution in [-0.2, 0) is 4.74 Å². The predicted molar refractivity (Wildman–Crippen MR) is 94.2 cm³/mol. The van der Waals surface area contributed by atoms with Crippen molar-refractivity contribution in [2.45, 2.75) is 45.3 Å². The van der Waals surface area contributed by atoms with Crippen LogP contribution in [0.5, 0.6) is 0 Å². The monoisotopic (exact) mass is 327 g/mol. The maximum atomic E-state index is 10.4. The van der Waals surface area contributed by atoms with E-state index in [0.717, 1.165) is 55.7 Å². The summed E-state index contributed by atoms with van der Waals surface area (Å²) in [5.41, 5.74) is 2.15. The van der Waals surface area contributed by atoms with Crippen LogP contribution < -0.4 is 4.90 Å². The van der Waals surface area contributed by atoms with Crippen molar-refractivity contribution in [2.75, 3.05) is 24.6 Å². The highest BCUT2D eigenvalue weighted by Gasteiger charge is 2.56. The number of nitrogens with zero attached hydrogens (tertiary/aromatic N) is 3. The number of hydrogen-bond acceptors (Lipinski definition) is 5. The summed E-state index contributed by atoms with van der Waals surface area (Å²) in [5.74, 6) is 1.01. The lowest BCUT2D eigenvalue weighted by Crippen LogP contribution is -2.62. The molecule has 2 heterocycles. The number of aromatic nitrogens is 2. The molecule has 2 aliphatic rings. The van der Waals surface area contributed by atoms with E-state index in [0.29, 0.717) is 0 Å². The van der Waals surface area contributed by atoms with Gasteiger partial charge in [0.25, 0.3) is 0 Å². The quantitative estimate of drug-likeness (QED) is 0.939. The van der Waals surface area contributed by atoms with Crippen LogP contribution in [0.15, 0.2) is 24.5 Å². The van der Waals surface area contributed by atoms with E-state index in [1.165, 1.54) is 5.56 Å². The number of fused-ring (bicyclic) bond motifs is 1. The summed E-state index contributed by atoms with van der Waals surface area (Å²) in [6.45, 7) is 6.64. The average Bonchev–Trinajstić information content (AvgIpc) is 2.62. The van der Waals surface area contributed by atoms with E-state index in [4.69, 9.17) is 4.74 Å². The largest absolute Gasteiger partial charge is 0.392 e. The van der Waals surface area contributed by atoms with Crippen LogP contribution in [0.4, 0.5) is 5.82 Å². The third-order valence-electron chi connectivity index (χ3n) is 5.95. The molecule has 1 aromatic heterocycles. The van der Waals surface area contributed by atoms with Crippen LogP contribution in [0.3, 0.4) is 0 Å². The third-order valence-corrected chi connectivity index (χ3v) is 5.95. The van der Waals surface area contributed by atoms with Gasteiger partial charge in [-0.15, -0.1) is 0 Å². The lowest BCUT2D eigenvalue weighted by Gasteiger charge is -2.56. The second-order valence-electron chi connectivity index (χ2n) is 7.08. The molecule has 1 saturated carbocycles. The molecule has 2 atom stereocenters. The Morgan fingerprint density at radius 2 is 2.08 bits per heavy atom. The molecule has 4 rings (SSSR count). The molecular formula is C19H25N3O2. The Hall–Kier alpha value is -1.72. The van der Waals surface area contributed by atoms with Crippen LogP contribution in [0.1, 0.15) is 31.7 Å². The minimum Gasteiger partial charge on any atom is -0.392 e. The number of aryl methyl sites for hydroxylation is 1. The van der Waals surface area contributed by atoms with Gasteiger partial charge in [0.15, 0.2) is 0 Å². The highest BCUT2D eigenvalue weighted by molar-refractivity contribution is 5.91. The minimum absolute atomic E-state index is 0.0503. The highest BCUT2D eigenvalue weighted by Crippen LogP contribution is 2.51. The highest BCUT2D eigenvalue weighted by atomic mass is 16.5. The Morgan fingerprint density at radius 3 is 2.79 bits per heavy atom. The molecule has 2 aromatic rings. The van der Waals surface area contributed by atoms with Gasteiger partial charge < -0.3 is 14.7 Å². The molecule has 2 unspecified atom stereocenters. The fourth-order valence-corrected chi connectivity index (χ4v) is 4.43. The van der Waals surface area contributed by atoms with E-state index >= 15 is 0 Å². The number of para-hydroxylation sites is 1. The number of piperidine rings is 1. The molecule has 0 amide bonds. The van der Waals surface area contributed by atoms with E-state index in [-0.39, 0.29) is 17.6 Å². The Labute approximate surface area is 142 Å². The van der Waals surface area contributed by atoms with Gasteiger partial charge >= 0.3 is 0 Å². The minimum atomic E-state index is -0.222. The van der Waals surface area contributed by atoms with Gasteiger partial charge in [0.05, 0.1) is 17.7 Å². The van der Waals surface area contributed by atoms with E-state index in [1.54, 1.807) is 6.33 Å². The van der Waals surface area contributed by atoms with Gasteiger partial charge in [-0.1, -0.05) is 12.1 Å². The zero-order valence-corrected chi connectivity index (χ0v) is 14.4.